The van der Waals surface area contributed by atoms with Crippen LogP contribution in [0.2, 0.25) is 0 Å². The molecular weight excluding hydrogens is 272 g/mol. The maximum atomic E-state index is 12.0. The van der Waals surface area contributed by atoms with Gasteiger partial charge in [-0.05, 0) is 27.2 Å². The highest BCUT2D eigenvalue weighted by Crippen LogP contribution is 2.23. The third-order valence-electron chi connectivity index (χ3n) is 3.14. The summed E-state index contributed by atoms with van der Waals surface area (Å²) in [6, 6.07) is 0. The first-order valence-electron chi connectivity index (χ1n) is 7.47. The van der Waals surface area contributed by atoms with Gasteiger partial charge in [0.05, 0.1) is 30.8 Å². The van der Waals surface area contributed by atoms with Crippen molar-refractivity contribution in [1.29, 1.82) is 0 Å². The molecule has 1 unspecified atom stereocenters. The number of hydrogen-bond acceptors (Lipinski definition) is 5. The molecule has 0 heterocycles. The normalized spacial score (nSPS) is 13.7. The average Bonchev–Trinajstić information content (AvgIpc) is 2.40. The highest BCUT2D eigenvalue weighted by molar-refractivity contribution is 5.91. The lowest BCUT2D eigenvalue weighted by Gasteiger charge is -2.22. The van der Waals surface area contributed by atoms with Gasteiger partial charge in [0, 0.05) is 0 Å². The number of aliphatic hydroxyl groups is 1. The molecule has 122 valence electrons. The molecule has 5 nitrogen and oxygen atoms in total. The predicted molar refractivity (Wildman–Crippen MR) is 80.7 cm³/mol. The number of methoxy groups -OCH3 is 1. The van der Waals surface area contributed by atoms with E-state index in [0.717, 1.165) is 19.3 Å². The van der Waals surface area contributed by atoms with Crippen molar-refractivity contribution in [2.24, 2.45) is 5.92 Å². The fourth-order valence-electron chi connectivity index (χ4n) is 1.97. The Bertz CT molecular complexity index is 365. The van der Waals surface area contributed by atoms with Gasteiger partial charge in [-0.25, -0.2) is 4.79 Å². The van der Waals surface area contributed by atoms with E-state index in [4.69, 9.17) is 9.47 Å². The Kier molecular flexibility index (Phi) is 8.93. The van der Waals surface area contributed by atoms with Gasteiger partial charge in [0.25, 0.3) is 0 Å². The van der Waals surface area contributed by atoms with Crippen LogP contribution in [0.5, 0.6) is 0 Å². The molecule has 0 rings (SSSR count). The molecular formula is C16H28O5. The van der Waals surface area contributed by atoms with Crippen LogP contribution < -0.4 is 0 Å². The lowest BCUT2D eigenvalue weighted by Crippen LogP contribution is -2.30. The van der Waals surface area contributed by atoms with Gasteiger partial charge >= 0.3 is 11.9 Å². The van der Waals surface area contributed by atoms with Crippen LogP contribution in [0.1, 0.15) is 53.4 Å². The van der Waals surface area contributed by atoms with Crippen LogP contribution >= 0.6 is 0 Å². The van der Waals surface area contributed by atoms with Crippen molar-refractivity contribution in [3.8, 4) is 0 Å². The fraction of sp³-hybridized carbons (Fsp3) is 0.750. The zero-order chi connectivity index (χ0) is 16.5. The summed E-state index contributed by atoms with van der Waals surface area (Å²) in [5.74, 6) is -1.56. The molecule has 0 aliphatic heterocycles. The average molecular weight is 300 g/mol. The number of hydrogen-bond donors (Lipinski definition) is 1. The van der Waals surface area contributed by atoms with Crippen LogP contribution in [-0.4, -0.2) is 36.4 Å². The zero-order valence-corrected chi connectivity index (χ0v) is 13.8. The molecule has 0 aliphatic carbocycles. The summed E-state index contributed by atoms with van der Waals surface area (Å²) in [4.78, 5) is 23.8. The molecule has 0 aromatic rings. The highest BCUT2D eigenvalue weighted by atomic mass is 16.5. The summed E-state index contributed by atoms with van der Waals surface area (Å²) in [6.45, 7) is 6.97. The molecule has 1 atom stereocenters. The summed E-state index contributed by atoms with van der Waals surface area (Å²) < 4.78 is 9.73. The molecule has 0 saturated carbocycles. The molecule has 0 aromatic carbocycles. The van der Waals surface area contributed by atoms with Gasteiger partial charge in [-0.2, -0.15) is 0 Å². The summed E-state index contributed by atoms with van der Waals surface area (Å²) in [7, 11) is 1.32. The van der Waals surface area contributed by atoms with Crippen molar-refractivity contribution in [1.82, 2.24) is 0 Å². The van der Waals surface area contributed by atoms with Crippen LogP contribution in [0, 0.1) is 5.92 Å². The molecule has 21 heavy (non-hydrogen) atoms. The second-order valence-electron chi connectivity index (χ2n) is 5.49. The Morgan fingerprint density at radius 3 is 2.29 bits per heavy atom. The van der Waals surface area contributed by atoms with E-state index in [0.29, 0.717) is 6.42 Å². The number of ether oxygens (including phenoxy) is 2. The van der Waals surface area contributed by atoms with E-state index in [9.17, 15) is 14.7 Å². The molecule has 0 fully saturated rings. The second kappa shape index (κ2) is 9.55. The maximum absolute atomic E-state index is 12.0. The number of carbonyl (C=O) groups is 2. The Labute approximate surface area is 127 Å². The van der Waals surface area contributed by atoms with Gasteiger partial charge < -0.3 is 14.6 Å². The summed E-state index contributed by atoms with van der Waals surface area (Å²) in [5.41, 5.74) is -1.28. The molecule has 5 heteroatoms. The van der Waals surface area contributed by atoms with Crippen molar-refractivity contribution in [3.63, 3.8) is 0 Å². The molecule has 0 bridgehead atoms. The largest absolute Gasteiger partial charge is 0.469 e. The van der Waals surface area contributed by atoms with Gasteiger partial charge in [0.1, 0.15) is 0 Å². The fourth-order valence-corrected chi connectivity index (χ4v) is 1.97. The summed E-state index contributed by atoms with van der Waals surface area (Å²) in [6.07, 6.45) is 4.96. The quantitative estimate of drug-likeness (QED) is 0.402. The smallest absolute Gasteiger partial charge is 0.336 e. The first kappa shape index (κ1) is 19.6. The molecule has 0 radical (unpaired) electrons. The molecule has 1 N–H and O–H groups in total. The Morgan fingerprint density at radius 1 is 1.24 bits per heavy atom. The first-order valence-corrected chi connectivity index (χ1v) is 7.47. The molecule has 0 amide bonds. The minimum absolute atomic E-state index is 0.0937. The monoisotopic (exact) mass is 300 g/mol. The van der Waals surface area contributed by atoms with Crippen LogP contribution in [0.25, 0.3) is 0 Å². The molecule has 0 saturated heterocycles. The second-order valence-corrected chi connectivity index (χ2v) is 5.49. The van der Waals surface area contributed by atoms with Crippen molar-refractivity contribution >= 4 is 11.9 Å². The Hall–Kier alpha value is -1.36. The van der Waals surface area contributed by atoms with Crippen LogP contribution in [0.4, 0.5) is 0 Å². The highest BCUT2D eigenvalue weighted by Gasteiger charge is 2.30. The SMILES string of the molecule is CCCCCC(/C=C(\C(=O)OCC)C(C)(C)O)C(=O)OC. The van der Waals surface area contributed by atoms with Gasteiger partial charge in [-0.1, -0.05) is 32.3 Å². The van der Waals surface area contributed by atoms with Gasteiger partial charge in [0.15, 0.2) is 0 Å². The predicted octanol–water partition coefficient (Wildman–Crippen LogP) is 2.62. The van der Waals surface area contributed by atoms with Crippen LogP contribution in [0.15, 0.2) is 11.6 Å². The number of esters is 2. The van der Waals surface area contributed by atoms with Crippen LogP contribution in [0.3, 0.4) is 0 Å². The third kappa shape index (κ3) is 7.27. The van der Waals surface area contributed by atoms with Crippen molar-refractivity contribution in [2.75, 3.05) is 13.7 Å². The minimum Gasteiger partial charge on any atom is -0.469 e. The number of carbonyl (C=O) groups excluding carboxylic acids is 2. The van der Waals surface area contributed by atoms with E-state index < -0.39 is 23.5 Å². The third-order valence-corrected chi connectivity index (χ3v) is 3.14. The van der Waals surface area contributed by atoms with Crippen molar-refractivity contribution < 1.29 is 24.2 Å². The van der Waals surface area contributed by atoms with E-state index in [2.05, 4.69) is 6.92 Å². The van der Waals surface area contributed by atoms with Crippen LogP contribution in [-0.2, 0) is 19.1 Å². The summed E-state index contributed by atoms with van der Waals surface area (Å²) in [5, 5.41) is 10.1. The zero-order valence-electron chi connectivity index (χ0n) is 13.8. The topological polar surface area (TPSA) is 72.8 Å². The lowest BCUT2D eigenvalue weighted by molar-refractivity contribution is -0.144. The minimum atomic E-state index is -1.37. The van der Waals surface area contributed by atoms with E-state index in [1.54, 1.807) is 6.92 Å². The van der Waals surface area contributed by atoms with E-state index in [-0.39, 0.29) is 12.2 Å². The van der Waals surface area contributed by atoms with Gasteiger partial charge in [-0.3, -0.25) is 4.79 Å². The summed E-state index contributed by atoms with van der Waals surface area (Å²) >= 11 is 0. The Morgan fingerprint density at radius 2 is 1.86 bits per heavy atom. The van der Waals surface area contributed by atoms with Crippen molar-refractivity contribution in [3.05, 3.63) is 11.6 Å². The van der Waals surface area contributed by atoms with Gasteiger partial charge in [-0.15, -0.1) is 0 Å². The molecule has 0 aromatic heterocycles. The molecule has 0 spiro atoms. The first-order chi connectivity index (χ1) is 9.77. The standard InChI is InChI=1S/C16H28O5/c1-6-8-9-10-12(14(17)20-5)11-13(16(3,4)19)15(18)21-7-2/h11-12,19H,6-10H2,1-5H3/b13-11+. The maximum Gasteiger partial charge on any atom is 0.336 e. The number of unbranched alkanes of at least 4 members (excludes halogenated alkanes) is 2. The number of rotatable bonds is 9. The lowest BCUT2D eigenvalue weighted by atomic mass is 9.91. The van der Waals surface area contributed by atoms with E-state index in [1.807, 2.05) is 0 Å². The Balaban J connectivity index is 5.29. The van der Waals surface area contributed by atoms with E-state index >= 15 is 0 Å². The van der Waals surface area contributed by atoms with Crippen molar-refractivity contribution in [2.45, 2.75) is 59.0 Å². The van der Waals surface area contributed by atoms with E-state index in [1.165, 1.54) is 27.0 Å². The molecule has 0 aliphatic rings. The van der Waals surface area contributed by atoms with Gasteiger partial charge in [0.2, 0.25) is 0 Å².